The van der Waals surface area contributed by atoms with Crippen molar-refractivity contribution in [2.75, 3.05) is 0 Å². The number of aldehydes is 1. The molecule has 0 unspecified atom stereocenters. The molecule has 0 aliphatic heterocycles. The first-order valence-corrected chi connectivity index (χ1v) is 11.7. The van der Waals surface area contributed by atoms with E-state index in [9.17, 15) is 14.7 Å². The lowest BCUT2D eigenvalue weighted by molar-refractivity contribution is 0.0732. The van der Waals surface area contributed by atoms with Crippen LogP contribution in [-0.2, 0) is 6.42 Å². The lowest BCUT2D eigenvalue weighted by Gasteiger charge is -2.14. The molecule has 0 saturated heterocycles. The van der Waals surface area contributed by atoms with Gasteiger partial charge in [0.05, 0.1) is 5.56 Å². The number of hydrogen-bond acceptors (Lipinski definition) is 5. The first kappa shape index (κ1) is 24.7. The Balaban J connectivity index is 1.45. The normalized spacial score (nSPS) is 10.7. The molecule has 4 aromatic carbocycles. The Morgan fingerprint density at radius 2 is 1.22 bits per heavy atom. The SMILES string of the molecule is Cc1cc(Cc2cc(C)c(OC(=O)c3ccc(Oc4ccc(C=O)cc4)cc3)c(C)c2)cc(C)c1O. The van der Waals surface area contributed by atoms with Crippen molar-refractivity contribution in [2.45, 2.75) is 34.1 Å². The molecule has 0 aliphatic carbocycles. The van der Waals surface area contributed by atoms with Gasteiger partial charge in [-0.3, -0.25) is 4.79 Å². The van der Waals surface area contributed by atoms with E-state index in [0.29, 0.717) is 34.1 Å². The van der Waals surface area contributed by atoms with Gasteiger partial charge in [-0.2, -0.15) is 0 Å². The molecule has 5 heteroatoms. The molecule has 1 N–H and O–H groups in total. The molecule has 0 radical (unpaired) electrons. The molecule has 0 bridgehead atoms. The predicted octanol–water partition coefficient (Wildman–Crippen LogP) is 7.04. The van der Waals surface area contributed by atoms with Crippen molar-refractivity contribution in [3.8, 4) is 23.0 Å². The minimum Gasteiger partial charge on any atom is -0.507 e. The summed E-state index contributed by atoms with van der Waals surface area (Å²) in [6.45, 7) is 7.66. The molecule has 0 atom stereocenters. The van der Waals surface area contributed by atoms with E-state index in [4.69, 9.17) is 9.47 Å². The number of aromatic hydroxyl groups is 1. The number of aryl methyl sites for hydroxylation is 4. The fourth-order valence-corrected chi connectivity index (χ4v) is 4.25. The molecule has 0 aliphatic rings. The number of benzene rings is 4. The van der Waals surface area contributed by atoms with Crippen molar-refractivity contribution in [1.29, 1.82) is 0 Å². The second-order valence-corrected chi connectivity index (χ2v) is 9.02. The Morgan fingerprint density at radius 1 is 0.750 bits per heavy atom. The number of phenols is 1. The van der Waals surface area contributed by atoms with E-state index in [1.54, 1.807) is 48.5 Å². The van der Waals surface area contributed by atoms with Gasteiger partial charge < -0.3 is 14.6 Å². The molecule has 182 valence electrons. The summed E-state index contributed by atoms with van der Waals surface area (Å²) >= 11 is 0. The first-order chi connectivity index (χ1) is 17.2. The number of phenolic OH excluding ortho intramolecular Hbond substituents is 1. The van der Waals surface area contributed by atoms with Crippen LogP contribution in [-0.4, -0.2) is 17.4 Å². The van der Waals surface area contributed by atoms with Crippen LogP contribution in [0.4, 0.5) is 0 Å². The zero-order valence-electron chi connectivity index (χ0n) is 20.8. The molecule has 4 aromatic rings. The van der Waals surface area contributed by atoms with E-state index in [1.165, 1.54) is 0 Å². The zero-order chi connectivity index (χ0) is 25.8. The fraction of sp³-hybridized carbons (Fsp3) is 0.161. The van der Waals surface area contributed by atoms with Gasteiger partial charge in [0.1, 0.15) is 29.3 Å². The minimum absolute atomic E-state index is 0.334. The summed E-state index contributed by atoms with van der Waals surface area (Å²) in [6, 6.07) is 21.5. The Bertz CT molecular complexity index is 1370. The molecule has 36 heavy (non-hydrogen) atoms. The van der Waals surface area contributed by atoms with Gasteiger partial charge in [-0.1, -0.05) is 24.3 Å². The van der Waals surface area contributed by atoms with Crippen LogP contribution in [0.15, 0.2) is 72.8 Å². The largest absolute Gasteiger partial charge is 0.507 e. The Kier molecular flexibility index (Phi) is 7.20. The number of carbonyl (C=O) groups is 2. The van der Waals surface area contributed by atoms with Gasteiger partial charge in [0, 0.05) is 5.56 Å². The maximum absolute atomic E-state index is 12.8. The van der Waals surface area contributed by atoms with Gasteiger partial charge >= 0.3 is 5.97 Å². The third-order valence-electron chi connectivity index (χ3n) is 6.02. The lowest BCUT2D eigenvalue weighted by Crippen LogP contribution is -2.10. The van der Waals surface area contributed by atoms with E-state index in [1.807, 2.05) is 52.0 Å². The van der Waals surface area contributed by atoms with Crippen LogP contribution in [0.2, 0.25) is 0 Å². The summed E-state index contributed by atoms with van der Waals surface area (Å²) in [5.41, 5.74) is 6.69. The van der Waals surface area contributed by atoms with Crippen LogP contribution in [0.25, 0.3) is 0 Å². The van der Waals surface area contributed by atoms with Gasteiger partial charge in [-0.05, 0) is 116 Å². The number of carbonyl (C=O) groups excluding carboxylic acids is 2. The molecule has 4 rings (SSSR count). The molecule has 5 nitrogen and oxygen atoms in total. The average molecular weight is 481 g/mol. The van der Waals surface area contributed by atoms with Crippen LogP contribution in [0, 0.1) is 27.7 Å². The third kappa shape index (κ3) is 5.63. The summed E-state index contributed by atoms with van der Waals surface area (Å²) in [5.74, 6) is 1.61. The molecule has 0 saturated carbocycles. The van der Waals surface area contributed by atoms with Gasteiger partial charge in [0.25, 0.3) is 0 Å². The molecule has 0 spiro atoms. The number of hydrogen-bond donors (Lipinski definition) is 1. The Hall–Kier alpha value is -4.38. The predicted molar refractivity (Wildman–Crippen MR) is 140 cm³/mol. The van der Waals surface area contributed by atoms with E-state index in [2.05, 4.69) is 0 Å². The van der Waals surface area contributed by atoms with E-state index in [0.717, 1.165) is 46.1 Å². The van der Waals surface area contributed by atoms with Crippen LogP contribution in [0.1, 0.15) is 54.1 Å². The molecular formula is C31H28O5. The monoisotopic (exact) mass is 480 g/mol. The van der Waals surface area contributed by atoms with Crippen molar-refractivity contribution in [1.82, 2.24) is 0 Å². The first-order valence-electron chi connectivity index (χ1n) is 11.7. The Labute approximate surface area is 211 Å². The molecule has 0 fully saturated rings. The van der Waals surface area contributed by atoms with Crippen LogP contribution in [0.5, 0.6) is 23.0 Å². The number of esters is 1. The maximum atomic E-state index is 12.8. The van der Waals surface area contributed by atoms with E-state index < -0.39 is 5.97 Å². The Morgan fingerprint density at radius 3 is 1.72 bits per heavy atom. The topological polar surface area (TPSA) is 72.8 Å². The fourth-order valence-electron chi connectivity index (χ4n) is 4.25. The summed E-state index contributed by atoms with van der Waals surface area (Å²) < 4.78 is 11.5. The van der Waals surface area contributed by atoms with Crippen molar-refractivity contribution in [3.05, 3.63) is 117 Å². The van der Waals surface area contributed by atoms with Crippen LogP contribution >= 0.6 is 0 Å². The van der Waals surface area contributed by atoms with Crippen molar-refractivity contribution < 1.29 is 24.2 Å². The van der Waals surface area contributed by atoms with Gasteiger partial charge in [0.2, 0.25) is 0 Å². The summed E-state index contributed by atoms with van der Waals surface area (Å²) in [6.07, 6.45) is 1.50. The summed E-state index contributed by atoms with van der Waals surface area (Å²) in [7, 11) is 0. The van der Waals surface area contributed by atoms with E-state index >= 15 is 0 Å². The lowest BCUT2D eigenvalue weighted by atomic mass is 9.97. The highest BCUT2D eigenvalue weighted by Crippen LogP contribution is 2.29. The summed E-state index contributed by atoms with van der Waals surface area (Å²) in [4.78, 5) is 23.6. The minimum atomic E-state index is -0.444. The van der Waals surface area contributed by atoms with Gasteiger partial charge in [-0.15, -0.1) is 0 Å². The van der Waals surface area contributed by atoms with Gasteiger partial charge in [-0.25, -0.2) is 4.79 Å². The maximum Gasteiger partial charge on any atom is 0.343 e. The van der Waals surface area contributed by atoms with Crippen molar-refractivity contribution in [2.24, 2.45) is 0 Å². The van der Waals surface area contributed by atoms with Crippen molar-refractivity contribution >= 4 is 12.3 Å². The average Bonchev–Trinajstić information content (AvgIpc) is 2.85. The molecule has 0 aromatic heterocycles. The third-order valence-corrected chi connectivity index (χ3v) is 6.02. The van der Waals surface area contributed by atoms with Gasteiger partial charge in [0.15, 0.2) is 0 Å². The second-order valence-electron chi connectivity index (χ2n) is 9.02. The molecule has 0 amide bonds. The molecule has 0 heterocycles. The summed E-state index contributed by atoms with van der Waals surface area (Å²) in [5, 5.41) is 10.0. The smallest absolute Gasteiger partial charge is 0.343 e. The van der Waals surface area contributed by atoms with Crippen molar-refractivity contribution in [3.63, 3.8) is 0 Å². The quantitative estimate of drug-likeness (QED) is 0.174. The zero-order valence-corrected chi connectivity index (χ0v) is 20.8. The number of ether oxygens (including phenoxy) is 2. The van der Waals surface area contributed by atoms with E-state index in [-0.39, 0.29) is 0 Å². The number of rotatable bonds is 7. The highest BCUT2D eigenvalue weighted by atomic mass is 16.5. The second kappa shape index (κ2) is 10.5. The van der Waals surface area contributed by atoms with Crippen LogP contribution in [0.3, 0.4) is 0 Å². The van der Waals surface area contributed by atoms with Crippen LogP contribution < -0.4 is 9.47 Å². The highest BCUT2D eigenvalue weighted by Gasteiger charge is 2.15. The standard InChI is InChI=1S/C31H28O5/c1-19-13-24(14-20(2)29(19)33)17-25-15-21(3)30(22(4)16-25)36-31(34)26-7-11-28(12-8-26)35-27-9-5-23(18-32)6-10-27/h5-16,18,33H,17H2,1-4H3. The molecular weight excluding hydrogens is 452 g/mol. The highest BCUT2D eigenvalue weighted by molar-refractivity contribution is 5.91.